The van der Waals surface area contributed by atoms with Crippen molar-refractivity contribution < 1.29 is 14.6 Å². The smallest absolute Gasteiger partial charge is 0.407 e. The molecule has 1 unspecified atom stereocenters. The summed E-state index contributed by atoms with van der Waals surface area (Å²) in [6.45, 7) is 0.210. The maximum atomic E-state index is 12.0. The van der Waals surface area contributed by atoms with Gasteiger partial charge in [0, 0.05) is 6.61 Å². The summed E-state index contributed by atoms with van der Waals surface area (Å²) in [5, 5.41) is 11.8. The van der Waals surface area contributed by atoms with Gasteiger partial charge in [0.25, 0.3) is 0 Å². The average Bonchev–Trinajstić information content (AvgIpc) is 2.58. The maximum Gasteiger partial charge on any atom is 0.407 e. The second-order valence-electron chi connectivity index (χ2n) is 4.88. The van der Waals surface area contributed by atoms with Crippen LogP contribution in [0.25, 0.3) is 0 Å². The van der Waals surface area contributed by atoms with E-state index in [9.17, 15) is 4.79 Å². The number of rotatable bonds is 7. The summed E-state index contributed by atoms with van der Waals surface area (Å²) in [7, 11) is 0. The SMILES string of the molecule is O=C(NC(C[CH]CO)c1ccccc1)OCc1ccccc1. The summed E-state index contributed by atoms with van der Waals surface area (Å²) >= 11 is 0. The lowest BCUT2D eigenvalue weighted by atomic mass is 10.0. The van der Waals surface area contributed by atoms with E-state index in [2.05, 4.69) is 5.32 Å². The molecule has 2 aromatic rings. The lowest BCUT2D eigenvalue weighted by Gasteiger charge is -2.18. The third-order valence-corrected chi connectivity index (χ3v) is 3.24. The van der Waals surface area contributed by atoms with Crippen LogP contribution in [0.5, 0.6) is 0 Å². The van der Waals surface area contributed by atoms with Crippen molar-refractivity contribution >= 4 is 6.09 Å². The van der Waals surface area contributed by atoms with E-state index in [1.807, 2.05) is 60.7 Å². The number of benzene rings is 2. The van der Waals surface area contributed by atoms with Crippen LogP contribution in [0, 0.1) is 6.42 Å². The molecule has 1 amide bonds. The van der Waals surface area contributed by atoms with E-state index < -0.39 is 6.09 Å². The lowest BCUT2D eigenvalue weighted by Crippen LogP contribution is -2.29. The fourth-order valence-corrected chi connectivity index (χ4v) is 2.11. The highest BCUT2D eigenvalue weighted by molar-refractivity contribution is 5.68. The Morgan fingerprint density at radius 1 is 1.09 bits per heavy atom. The predicted octanol–water partition coefficient (Wildman–Crippen LogP) is 3.24. The molecule has 0 saturated heterocycles. The number of aliphatic hydroxyl groups is 1. The Balaban J connectivity index is 1.90. The van der Waals surface area contributed by atoms with Gasteiger partial charge < -0.3 is 15.2 Å². The topological polar surface area (TPSA) is 58.6 Å². The zero-order valence-corrected chi connectivity index (χ0v) is 12.3. The number of alkyl carbamates (subject to hydrolysis) is 1. The third-order valence-electron chi connectivity index (χ3n) is 3.24. The average molecular weight is 298 g/mol. The molecule has 1 radical (unpaired) electrons. The van der Waals surface area contributed by atoms with Crippen LogP contribution in [0.4, 0.5) is 4.79 Å². The number of aliphatic hydroxyl groups excluding tert-OH is 1. The number of hydrogen-bond acceptors (Lipinski definition) is 3. The van der Waals surface area contributed by atoms with Crippen molar-refractivity contribution in [1.29, 1.82) is 0 Å². The van der Waals surface area contributed by atoms with E-state index in [-0.39, 0.29) is 19.3 Å². The number of carbonyl (C=O) groups is 1. The second kappa shape index (κ2) is 8.85. The van der Waals surface area contributed by atoms with Crippen molar-refractivity contribution in [1.82, 2.24) is 5.32 Å². The Morgan fingerprint density at radius 3 is 2.36 bits per heavy atom. The summed E-state index contributed by atoms with van der Waals surface area (Å²) in [5.74, 6) is 0. The molecule has 4 heteroatoms. The predicted molar refractivity (Wildman–Crippen MR) is 84.9 cm³/mol. The Hall–Kier alpha value is -2.33. The van der Waals surface area contributed by atoms with Gasteiger partial charge >= 0.3 is 6.09 Å². The highest BCUT2D eigenvalue weighted by Crippen LogP contribution is 2.18. The molecule has 0 saturated carbocycles. The first-order valence-electron chi connectivity index (χ1n) is 7.24. The zero-order valence-electron chi connectivity index (χ0n) is 12.3. The summed E-state index contributed by atoms with van der Waals surface area (Å²) in [6, 6.07) is 18.9. The van der Waals surface area contributed by atoms with Crippen LogP contribution >= 0.6 is 0 Å². The highest BCUT2D eigenvalue weighted by atomic mass is 16.5. The van der Waals surface area contributed by atoms with Gasteiger partial charge in [0.15, 0.2) is 0 Å². The molecule has 0 spiro atoms. The standard InChI is InChI=1S/C18H20NO3/c20-13-7-12-17(16-10-5-2-6-11-16)19-18(21)22-14-15-8-3-1-4-9-15/h1-11,17,20H,12-14H2,(H,19,21). The van der Waals surface area contributed by atoms with Gasteiger partial charge in [0.2, 0.25) is 0 Å². The van der Waals surface area contributed by atoms with Crippen LogP contribution < -0.4 is 5.32 Å². The Morgan fingerprint density at radius 2 is 1.73 bits per heavy atom. The lowest BCUT2D eigenvalue weighted by molar-refractivity contribution is 0.135. The monoisotopic (exact) mass is 298 g/mol. The van der Waals surface area contributed by atoms with Crippen molar-refractivity contribution in [3.8, 4) is 0 Å². The van der Waals surface area contributed by atoms with Crippen LogP contribution in [0.2, 0.25) is 0 Å². The third kappa shape index (κ3) is 5.22. The van der Waals surface area contributed by atoms with Gasteiger partial charge in [-0.2, -0.15) is 0 Å². The summed E-state index contributed by atoms with van der Waals surface area (Å²) < 4.78 is 5.23. The second-order valence-corrected chi connectivity index (χ2v) is 4.88. The van der Waals surface area contributed by atoms with E-state index in [0.29, 0.717) is 6.42 Å². The summed E-state index contributed by atoms with van der Waals surface area (Å²) in [5.41, 5.74) is 1.92. The van der Waals surface area contributed by atoms with Gasteiger partial charge in [-0.1, -0.05) is 60.7 Å². The molecule has 115 valence electrons. The molecule has 0 aliphatic heterocycles. The Bertz CT molecular complexity index is 557. The van der Waals surface area contributed by atoms with Crippen molar-refractivity contribution in [3.63, 3.8) is 0 Å². The van der Waals surface area contributed by atoms with Crippen molar-refractivity contribution in [2.45, 2.75) is 19.1 Å². The molecule has 0 aliphatic rings. The molecule has 0 fully saturated rings. The molecule has 0 aliphatic carbocycles. The van der Waals surface area contributed by atoms with E-state index >= 15 is 0 Å². The van der Waals surface area contributed by atoms with Crippen LogP contribution in [-0.2, 0) is 11.3 Å². The normalized spacial score (nSPS) is 11.7. The molecule has 2 aromatic carbocycles. The molecule has 2 rings (SSSR count). The fourth-order valence-electron chi connectivity index (χ4n) is 2.11. The molecule has 2 N–H and O–H groups in total. The van der Waals surface area contributed by atoms with E-state index in [0.717, 1.165) is 11.1 Å². The van der Waals surface area contributed by atoms with Gasteiger partial charge in [-0.3, -0.25) is 0 Å². The van der Waals surface area contributed by atoms with Crippen LogP contribution in [0.3, 0.4) is 0 Å². The minimum Gasteiger partial charge on any atom is -0.445 e. The molecular weight excluding hydrogens is 278 g/mol. The van der Waals surface area contributed by atoms with Crippen LogP contribution in [-0.4, -0.2) is 17.8 Å². The first-order chi connectivity index (χ1) is 10.8. The summed E-state index contributed by atoms with van der Waals surface area (Å²) in [6.07, 6.45) is 1.79. The molecular formula is C18H20NO3. The number of ether oxygens (including phenoxy) is 1. The highest BCUT2D eigenvalue weighted by Gasteiger charge is 2.15. The fraction of sp³-hybridized carbons (Fsp3) is 0.222. The minimum absolute atomic E-state index is 0.0237. The number of amides is 1. The first kappa shape index (κ1) is 16.0. The largest absolute Gasteiger partial charge is 0.445 e. The van der Waals surface area contributed by atoms with Gasteiger partial charge in [-0.05, 0) is 24.0 Å². The molecule has 0 aromatic heterocycles. The minimum atomic E-state index is -0.468. The van der Waals surface area contributed by atoms with Gasteiger partial charge in [-0.15, -0.1) is 0 Å². The molecule has 4 nitrogen and oxygen atoms in total. The van der Waals surface area contributed by atoms with Gasteiger partial charge in [-0.25, -0.2) is 4.79 Å². The van der Waals surface area contributed by atoms with Gasteiger partial charge in [0.1, 0.15) is 6.61 Å². The van der Waals surface area contributed by atoms with Crippen LogP contribution in [0.15, 0.2) is 60.7 Å². The van der Waals surface area contributed by atoms with Crippen molar-refractivity contribution in [2.24, 2.45) is 0 Å². The molecule has 0 heterocycles. The zero-order chi connectivity index (χ0) is 15.6. The van der Waals surface area contributed by atoms with Crippen LogP contribution in [0.1, 0.15) is 23.6 Å². The molecule has 0 bridgehead atoms. The van der Waals surface area contributed by atoms with Crippen molar-refractivity contribution in [2.75, 3.05) is 6.61 Å². The number of carbonyl (C=O) groups excluding carboxylic acids is 1. The van der Waals surface area contributed by atoms with E-state index in [1.54, 1.807) is 6.42 Å². The molecule has 22 heavy (non-hydrogen) atoms. The van der Waals surface area contributed by atoms with E-state index in [1.165, 1.54) is 0 Å². The van der Waals surface area contributed by atoms with E-state index in [4.69, 9.17) is 9.84 Å². The maximum absolute atomic E-state index is 12.0. The molecule has 1 atom stereocenters. The summed E-state index contributed by atoms with van der Waals surface area (Å²) in [4.78, 5) is 12.0. The Labute approximate surface area is 130 Å². The quantitative estimate of drug-likeness (QED) is 0.825. The Kier molecular flexibility index (Phi) is 6.45. The number of nitrogens with one attached hydrogen (secondary N) is 1. The first-order valence-corrected chi connectivity index (χ1v) is 7.24. The number of hydrogen-bond donors (Lipinski definition) is 2. The van der Waals surface area contributed by atoms with Gasteiger partial charge in [0.05, 0.1) is 6.04 Å². The van der Waals surface area contributed by atoms with Crippen molar-refractivity contribution in [3.05, 3.63) is 78.2 Å².